The topological polar surface area (TPSA) is 27.7 Å². The molecule has 1 aromatic rings. The van der Waals surface area contributed by atoms with E-state index in [-0.39, 0.29) is 30.7 Å². The van der Waals surface area contributed by atoms with Gasteiger partial charge in [0.15, 0.2) is 23.7 Å². The molecule has 2 aliphatic carbocycles. The Bertz CT molecular complexity index is 882. The van der Waals surface area contributed by atoms with Crippen LogP contribution in [0.1, 0.15) is 76.1 Å². The van der Waals surface area contributed by atoms with Gasteiger partial charge in [0.25, 0.3) is 0 Å². The smallest absolute Gasteiger partial charge is 0.414 e. The normalized spacial score (nSPS) is 29.6. The number of hydrogen-bond acceptors (Lipinski definition) is 3. The molecular weight excluding hydrogens is 565 g/mol. The second-order valence-corrected chi connectivity index (χ2v) is 11.2. The van der Waals surface area contributed by atoms with E-state index < -0.39 is 35.4 Å². The number of rotatable bonds is 9. The van der Waals surface area contributed by atoms with E-state index in [4.69, 9.17) is 9.47 Å². The fourth-order valence-corrected chi connectivity index (χ4v) is 5.71. The molecule has 0 radical (unpaired) electrons. The van der Waals surface area contributed by atoms with Gasteiger partial charge in [-0.3, -0.25) is 8.78 Å². The van der Waals surface area contributed by atoms with Gasteiger partial charge in [0.05, 0.1) is 26.6 Å². The van der Waals surface area contributed by atoms with Crippen molar-refractivity contribution in [3.63, 3.8) is 0 Å². The SMILES string of the molecule is FCC/C=C/C1CCC(CCF)CC1.Fc1cc(C2OCC(C3CCC(F)CC3)CO2)cc(F)c1OC(F)(F)Cl. The third kappa shape index (κ3) is 10.7. The van der Waals surface area contributed by atoms with E-state index in [9.17, 15) is 30.7 Å². The molecule has 0 spiro atoms. The van der Waals surface area contributed by atoms with Gasteiger partial charge < -0.3 is 14.2 Å². The number of halogens is 8. The molecule has 3 fully saturated rings. The fraction of sp³-hybridized carbons (Fsp3) is 0.724. The molecule has 0 aromatic heterocycles. The Balaban J connectivity index is 0.000000267. The molecule has 40 heavy (non-hydrogen) atoms. The highest BCUT2D eigenvalue weighted by molar-refractivity contribution is 6.20. The van der Waals surface area contributed by atoms with Crippen molar-refractivity contribution in [2.45, 2.75) is 82.2 Å². The first-order chi connectivity index (χ1) is 19.1. The monoisotopic (exact) mass is 602 g/mol. The lowest BCUT2D eigenvalue weighted by molar-refractivity contribution is -0.215. The van der Waals surface area contributed by atoms with E-state index in [0.717, 1.165) is 57.1 Å². The average molecular weight is 603 g/mol. The Morgan fingerprint density at radius 1 is 0.875 bits per heavy atom. The van der Waals surface area contributed by atoms with E-state index in [0.29, 0.717) is 44.3 Å². The molecule has 1 heterocycles. The minimum absolute atomic E-state index is 0.0103. The summed E-state index contributed by atoms with van der Waals surface area (Å²) >= 11 is 4.54. The van der Waals surface area contributed by atoms with Crippen molar-refractivity contribution in [2.24, 2.45) is 23.7 Å². The molecule has 0 atom stereocenters. The predicted octanol–water partition coefficient (Wildman–Crippen LogP) is 9.39. The van der Waals surface area contributed by atoms with Crippen LogP contribution in [0.4, 0.5) is 30.7 Å². The number of allylic oxidation sites excluding steroid dienone is 2. The first kappa shape index (κ1) is 33.0. The minimum Gasteiger partial charge on any atom is -0.414 e. The Hall–Kier alpha value is -1.52. The number of hydrogen-bond donors (Lipinski definition) is 0. The second kappa shape index (κ2) is 16.2. The first-order valence-electron chi connectivity index (χ1n) is 14.0. The Kier molecular flexibility index (Phi) is 13.4. The zero-order chi connectivity index (χ0) is 29.1. The molecule has 0 N–H and O–H groups in total. The van der Waals surface area contributed by atoms with Gasteiger partial charge in [0.2, 0.25) is 0 Å². The summed E-state index contributed by atoms with van der Waals surface area (Å²) in [7, 11) is 0. The molecule has 4 rings (SSSR count). The van der Waals surface area contributed by atoms with E-state index in [1.165, 1.54) is 0 Å². The maximum atomic E-state index is 13.9. The standard InChI is InChI=1S/C17H18ClF5O3.C12H20F2/c18-17(22,23)26-15-13(20)5-10(6-14(15)21)16-24-7-11(8-25-16)9-1-3-12(19)4-2-9;13-9-2-1-3-11-4-6-12(7-5-11)8-10-14/h5-6,9,11-12,16H,1-4,7-8H2;1,3,11-12H,2,4-10H2/b;3-1+. The van der Waals surface area contributed by atoms with Crippen molar-refractivity contribution in [1.29, 1.82) is 0 Å². The van der Waals surface area contributed by atoms with E-state index in [1.54, 1.807) is 0 Å². The van der Waals surface area contributed by atoms with Crippen molar-refractivity contribution in [3.05, 3.63) is 41.5 Å². The lowest BCUT2D eigenvalue weighted by Gasteiger charge is -2.36. The zero-order valence-electron chi connectivity index (χ0n) is 22.4. The lowest BCUT2D eigenvalue weighted by atomic mass is 9.80. The highest BCUT2D eigenvalue weighted by atomic mass is 35.5. The zero-order valence-corrected chi connectivity index (χ0v) is 23.2. The summed E-state index contributed by atoms with van der Waals surface area (Å²) in [4.78, 5) is 0. The molecule has 3 aliphatic rings. The van der Waals surface area contributed by atoms with Crippen LogP contribution in [0.25, 0.3) is 0 Å². The molecule has 0 unspecified atom stereocenters. The Morgan fingerprint density at radius 3 is 2.00 bits per heavy atom. The Labute approximate surface area is 236 Å². The molecule has 1 aromatic carbocycles. The summed E-state index contributed by atoms with van der Waals surface area (Å²) in [5, 5.41) is 0. The van der Waals surface area contributed by atoms with Crippen LogP contribution in [0.15, 0.2) is 24.3 Å². The highest BCUT2D eigenvalue weighted by Crippen LogP contribution is 2.38. The van der Waals surface area contributed by atoms with Crippen LogP contribution in [-0.4, -0.2) is 38.3 Å². The fourth-order valence-electron chi connectivity index (χ4n) is 5.64. The Morgan fingerprint density at radius 2 is 1.48 bits per heavy atom. The van der Waals surface area contributed by atoms with Gasteiger partial charge in [-0.05, 0) is 94.1 Å². The van der Waals surface area contributed by atoms with Gasteiger partial charge in [-0.2, -0.15) is 0 Å². The average Bonchev–Trinajstić information content (AvgIpc) is 2.92. The summed E-state index contributed by atoms with van der Waals surface area (Å²) in [6.45, 7) is 0.196. The summed E-state index contributed by atoms with van der Waals surface area (Å²) in [5.74, 6) is -2.34. The van der Waals surface area contributed by atoms with Crippen molar-refractivity contribution in [2.75, 3.05) is 26.6 Å². The summed E-state index contributed by atoms with van der Waals surface area (Å²) in [5.41, 5.74) is -4.22. The maximum absolute atomic E-state index is 13.9. The number of benzene rings is 1. The first-order valence-corrected chi connectivity index (χ1v) is 14.4. The largest absolute Gasteiger partial charge is 0.487 e. The van der Waals surface area contributed by atoms with Crippen LogP contribution in [0.5, 0.6) is 5.75 Å². The van der Waals surface area contributed by atoms with Gasteiger partial charge >= 0.3 is 5.57 Å². The van der Waals surface area contributed by atoms with Gasteiger partial charge in [-0.1, -0.05) is 12.2 Å². The molecule has 228 valence electrons. The van der Waals surface area contributed by atoms with Gasteiger partial charge in [-0.25, -0.2) is 13.2 Å². The molecule has 2 saturated carbocycles. The third-order valence-electron chi connectivity index (χ3n) is 7.89. The highest BCUT2D eigenvalue weighted by Gasteiger charge is 2.34. The predicted molar refractivity (Wildman–Crippen MR) is 139 cm³/mol. The minimum atomic E-state index is -4.23. The van der Waals surface area contributed by atoms with Crippen molar-refractivity contribution in [3.8, 4) is 5.75 Å². The summed E-state index contributed by atoms with van der Waals surface area (Å²) < 4.78 is 105. The van der Waals surface area contributed by atoms with Crippen molar-refractivity contribution in [1.82, 2.24) is 0 Å². The van der Waals surface area contributed by atoms with Crippen LogP contribution >= 0.6 is 11.6 Å². The maximum Gasteiger partial charge on any atom is 0.487 e. The quantitative estimate of drug-likeness (QED) is 0.160. The summed E-state index contributed by atoms with van der Waals surface area (Å²) in [6, 6.07) is 1.61. The molecule has 11 heteroatoms. The third-order valence-corrected chi connectivity index (χ3v) is 7.97. The van der Waals surface area contributed by atoms with Gasteiger partial charge in [0.1, 0.15) is 6.17 Å². The molecule has 1 aliphatic heterocycles. The van der Waals surface area contributed by atoms with Crippen molar-refractivity contribution >= 4 is 11.6 Å². The second-order valence-electron chi connectivity index (χ2n) is 10.8. The van der Waals surface area contributed by atoms with Crippen LogP contribution in [0.2, 0.25) is 0 Å². The lowest BCUT2D eigenvalue weighted by Crippen LogP contribution is -2.34. The molecule has 0 bridgehead atoms. The van der Waals surface area contributed by atoms with E-state index >= 15 is 0 Å². The van der Waals surface area contributed by atoms with Crippen LogP contribution < -0.4 is 4.74 Å². The van der Waals surface area contributed by atoms with Crippen LogP contribution in [-0.2, 0) is 9.47 Å². The van der Waals surface area contributed by atoms with Gasteiger partial charge in [0, 0.05) is 23.1 Å². The molecule has 0 amide bonds. The van der Waals surface area contributed by atoms with Crippen molar-refractivity contribution < 1.29 is 44.9 Å². The van der Waals surface area contributed by atoms with Crippen LogP contribution in [0.3, 0.4) is 0 Å². The number of ether oxygens (including phenoxy) is 3. The molecule has 3 nitrogen and oxygen atoms in total. The summed E-state index contributed by atoms with van der Waals surface area (Å²) in [6.07, 6.45) is 10.8. The van der Waals surface area contributed by atoms with E-state index in [2.05, 4.69) is 22.4 Å². The van der Waals surface area contributed by atoms with E-state index in [1.807, 2.05) is 6.08 Å². The number of alkyl halides is 6. The van der Waals surface area contributed by atoms with Gasteiger partial charge in [-0.15, -0.1) is 8.78 Å². The molecular formula is C29H38ClF7O3. The van der Waals surface area contributed by atoms with Crippen LogP contribution in [0, 0.1) is 35.3 Å². The molecule has 1 saturated heterocycles.